The maximum atomic E-state index is 11.2. The molecule has 1 aromatic rings. The number of aromatic amines is 1. The zero-order valence-electron chi connectivity index (χ0n) is 7.32. The summed E-state index contributed by atoms with van der Waals surface area (Å²) < 4.78 is 1.57. The second-order valence-corrected chi connectivity index (χ2v) is 3.56. The summed E-state index contributed by atoms with van der Waals surface area (Å²) in [4.78, 5) is 24.2. The fourth-order valence-electron chi connectivity index (χ4n) is 1.54. The lowest BCUT2D eigenvalue weighted by atomic mass is 9.85. The summed E-state index contributed by atoms with van der Waals surface area (Å²) in [5.41, 5.74) is -0.616. The minimum Gasteiger partial charge on any atom is -0.300 e. The van der Waals surface area contributed by atoms with E-state index >= 15 is 0 Å². The van der Waals surface area contributed by atoms with Crippen LogP contribution >= 0.6 is 0 Å². The van der Waals surface area contributed by atoms with Gasteiger partial charge in [-0.25, -0.2) is 4.79 Å². The van der Waals surface area contributed by atoms with Crippen LogP contribution in [0.15, 0.2) is 21.9 Å². The van der Waals surface area contributed by atoms with Gasteiger partial charge in [0.05, 0.1) is 0 Å². The first-order chi connectivity index (χ1) is 6.25. The van der Waals surface area contributed by atoms with Crippen molar-refractivity contribution < 1.29 is 0 Å². The van der Waals surface area contributed by atoms with Crippen LogP contribution in [0.2, 0.25) is 0 Å². The van der Waals surface area contributed by atoms with Crippen molar-refractivity contribution in [3.63, 3.8) is 0 Å². The highest BCUT2D eigenvalue weighted by molar-refractivity contribution is 4.84. The van der Waals surface area contributed by atoms with Crippen LogP contribution in [0.1, 0.15) is 19.3 Å². The largest absolute Gasteiger partial charge is 0.328 e. The molecule has 0 atom stereocenters. The van der Waals surface area contributed by atoms with E-state index in [1.807, 2.05) is 0 Å². The number of hydrogen-bond acceptors (Lipinski definition) is 2. The molecule has 1 aliphatic carbocycles. The van der Waals surface area contributed by atoms with Crippen LogP contribution in [0.3, 0.4) is 0 Å². The minimum atomic E-state index is -0.324. The molecule has 1 N–H and O–H groups in total. The average Bonchev–Trinajstić information content (AvgIpc) is 1.99. The standard InChI is InChI=1S/C9H12N2O2/c12-8-4-5-11(9(13)10-8)6-7-2-1-3-7/h4-5,7H,1-3,6H2,(H,10,12,13). The Labute approximate surface area is 75.2 Å². The van der Waals surface area contributed by atoms with Gasteiger partial charge in [-0.15, -0.1) is 0 Å². The molecule has 1 heterocycles. The van der Waals surface area contributed by atoms with Gasteiger partial charge < -0.3 is 4.57 Å². The third-order valence-electron chi connectivity index (χ3n) is 2.58. The van der Waals surface area contributed by atoms with Crippen molar-refractivity contribution in [1.82, 2.24) is 9.55 Å². The predicted molar refractivity (Wildman–Crippen MR) is 48.7 cm³/mol. The molecule has 1 aliphatic rings. The minimum absolute atomic E-state index is 0.292. The highest BCUT2D eigenvalue weighted by Crippen LogP contribution is 2.27. The molecule has 1 saturated carbocycles. The Morgan fingerprint density at radius 3 is 2.77 bits per heavy atom. The second kappa shape index (κ2) is 3.20. The first kappa shape index (κ1) is 8.29. The molecule has 0 aliphatic heterocycles. The quantitative estimate of drug-likeness (QED) is 0.713. The molecule has 1 aromatic heterocycles. The topological polar surface area (TPSA) is 54.9 Å². The second-order valence-electron chi connectivity index (χ2n) is 3.56. The zero-order chi connectivity index (χ0) is 9.26. The Bertz CT molecular complexity index is 401. The molecule has 0 radical (unpaired) electrons. The predicted octanol–water partition coefficient (Wildman–Crippen LogP) is 0.337. The molecule has 0 spiro atoms. The van der Waals surface area contributed by atoms with Crippen LogP contribution in [0.4, 0.5) is 0 Å². The Balaban J connectivity index is 2.20. The smallest absolute Gasteiger partial charge is 0.300 e. The van der Waals surface area contributed by atoms with Gasteiger partial charge in [-0.1, -0.05) is 6.42 Å². The molecule has 0 amide bonds. The molecule has 13 heavy (non-hydrogen) atoms. The number of nitrogens with one attached hydrogen (secondary N) is 1. The van der Waals surface area contributed by atoms with E-state index in [0.717, 1.165) is 6.54 Å². The molecule has 0 saturated heterocycles. The van der Waals surface area contributed by atoms with Gasteiger partial charge in [0.15, 0.2) is 0 Å². The van der Waals surface area contributed by atoms with E-state index in [1.165, 1.54) is 25.3 Å². The number of hydrogen-bond donors (Lipinski definition) is 1. The molecule has 0 bridgehead atoms. The van der Waals surface area contributed by atoms with E-state index in [9.17, 15) is 9.59 Å². The Kier molecular flexibility index (Phi) is 2.04. The van der Waals surface area contributed by atoms with Crippen molar-refractivity contribution >= 4 is 0 Å². The number of nitrogens with zero attached hydrogens (tertiary/aromatic N) is 1. The summed E-state index contributed by atoms with van der Waals surface area (Å²) in [5, 5.41) is 0. The molecule has 0 unspecified atom stereocenters. The normalized spacial score (nSPS) is 16.9. The molecular weight excluding hydrogens is 168 g/mol. The third kappa shape index (κ3) is 1.71. The highest BCUT2D eigenvalue weighted by atomic mass is 16.2. The first-order valence-corrected chi connectivity index (χ1v) is 4.55. The molecule has 1 fully saturated rings. The van der Waals surface area contributed by atoms with E-state index in [-0.39, 0.29) is 11.2 Å². The summed E-state index contributed by atoms with van der Waals surface area (Å²) in [7, 11) is 0. The summed E-state index contributed by atoms with van der Waals surface area (Å²) in [6.07, 6.45) is 5.24. The van der Waals surface area contributed by atoms with Gasteiger partial charge in [-0.2, -0.15) is 0 Å². The summed E-state index contributed by atoms with van der Waals surface area (Å²) in [5.74, 6) is 0.628. The summed E-state index contributed by atoms with van der Waals surface area (Å²) in [6, 6.07) is 1.39. The lowest BCUT2D eigenvalue weighted by Gasteiger charge is -2.25. The van der Waals surface area contributed by atoms with Gasteiger partial charge in [0, 0.05) is 18.8 Å². The number of aromatic nitrogens is 2. The Morgan fingerprint density at radius 2 is 2.23 bits per heavy atom. The molecule has 70 valence electrons. The van der Waals surface area contributed by atoms with Gasteiger partial charge >= 0.3 is 5.69 Å². The van der Waals surface area contributed by atoms with Crippen LogP contribution in [-0.2, 0) is 6.54 Å². The van der Waals surface area contributed by atoms with Gasteiger partial charge in [-0.3, -0.25) is 9.78 Å². The van der Waals surface area contributed by atoms with E-state index in [4.69, 9.17) is 0 Å². The van der Waals surface area contributed by atoms with Crippen LogP contribution < -0.4 is 11.2 Å². The van der Waals surface area contributed by atoms with Crippen molar-refractivity contribution in [2.45, 2.75) is 25.8 Å². The Morgan fingerprint density at radius 1 is 1.46 bits per heavy atom. The van der Waals surface area contributed by atoms with Crippen LogP contribution in [-0.4, -0.2) is 9.55 Å². The molecule has 0 aromatic carbocycles. The van der Waals surface area contributed by atoms with Crippen molar-refractivity contribution in [3.05, 3.63) is 33.1 Å². The van der Waals surface area contributed by atoms with Crippen molar-refractivity contribution in [2.75, 3.05) is 0 Å². The summed E-state index contributed by atoms with van der Waals surface area (Å²) >= 11 is 0. The van der Waals surface area contributed by atoms with Crippen LogP contribution in [0.25, 0.3) is 0 Å². The number of rotatable bonds is 2. The SMILES string of the molecule is O=c1ccn(CC2CCC2)c(=O)[nH]1. The van der Waals surface area contributed by atoms with Gasteiger partial charge in [-0.05, 0) is 18.8 Å². The third-order valence-corrected chi connectivity index (χ3v) is 2.58. The molecule has 4 nitrogen and oxygen atoms in total. The van der Waals surface area contributed by atoms with Crippen molar-refractivity contribution in [1.29, 1.82) is 0 Å². The maximum Gasteiger partial charge on any atom is 0.328 e. The lowest BCUT2D eigenvalue weighted by molar-refractivity contribution is 0.272. The first-order valence-electron chi connectivity index (χ1n) is 4.55. The molecule has 2 rings (SSSR count). The van der Waals surface area contributed by atoms with Crippen LogP contribution in [0.5, 0.6) is 0 Å². The van der Waals surface area contributed by atoms with E-state index < -0.39 is 0 Å². The monoisotopic (exact) mass is 180 g/mol. The van der Waals surface area contributed by atoms with Crippen molar-refractivity contribution in [2.24, 2.45) is 5.92 Å². The lowest BCUT2D eigenvalue weighted by Crippen LogP contribution is -2.32. The maximum absolute atomic E-state index is 11.2. The Hall–Kier alpha value is -1.32. The van der Waals surface area contributed by atoms with Gasteiger partial charge in [0.25, 0.3) is 5.56 Å². The van der Waals surface area contributed by atoms with Gasteiger partial charge in [0.1, 0.15) is 0 Å². The fraction of sp³-hybridized carbons (Fsp3) is 0.556. The molecule has 4 heteroatoms. The fourth-order valence-corrected chi connectivity index (χ4v) is 1.54. The van der Waals surface area contributed by atoms with E-state index in [0.29, 0.717) is 5.92 Å². The van der Waals surface area contributed by atoms with Gasteiger partial charge in [0.2, 0.25) is 0 Å². The molecular formula is C9H12N2O2. The zero-order valence-corrected chi connectivity index (χ0v) is 7.32. The highest BCUT2D eigenvalue weighted by Gasteiger charge is 2.17. The van der Waals surface area contributed by atoms with Crippen molar-refractivity contribution in [3.8, 4) is 0 Å². The van der Waals surface area contributed by atoms with E-state index in [2.05, 4.69) is 4.98 Å². The average molecular weight is 180 g/mol. The van der Waals surface area contributed by atoms with E-state index in [1.54, 1.807) is 10.8 Å². The number of H-pyrrole nitrogens is 1. The van der Waals surface area contributed by atoms with Crippen LogP contribution in [0, 0.1) is 5.92 Å². The summed E-state index contributed by atoms with van der Waals surface area (Å²) in [6.45, 7) is 0.746.